The molecule has 1 saturated heterocycles. The van der Waals surface area contributed by atoms with Gasteiger partial charge in [0.05, 0.1) is 5.92 Å². The third-order valence-corrected chi connectivity index (χ3v) is 4.35. The van der Waals surface area contributed by atoms with Crippen LogP contribution in [0.15, 0.2) is 24.3 Å². The first kappa shape index (κ1) is 14.9. The number of benzene rings is 1. The molecule has 118 valence electrons. The van der Waals surface area contributed by atoms with Gasteiger partial charge in [-0.3, -0.25) is 9.59 Å². The topological polar surface area (TPSA) is 58.6 Å². The Labute approximate surface area is 130 Å². The third kappa shape index (κ3) is 3.40. The van der Waals surface area contributed by atoms with Gasteiger partial charge in [-0.15, -0.1) is 0 Å². The Morgan fingerprint density at radius 3 is 2.82 bits per heavy atom. The molecule has 0 saturated carbocycles. The second-order valence-electron chi connectivity index (χ2n) is 5.95. The summed E-state index contributed by atoms with van der Waals surface area (Å²) in [7, 11) is 0. The Morgan fingerprint density at radius 2 is 2.00 bits per heavy atom. The van der Waals surface area contributed by atoms with E-state index in [1.165, 1.54) is 0 Å². The molecule has 1 fully saturated rings. The van der Waals surface area contributed by atoms with Crippen LogP contribution >= 0.6 is 0 Å². The van der Waals surface area contributed by atoms with Gasteiger partial charge >= 0.3 is 0 Å². The fraction of sp³-hybridized carbons (Fsp3) is 0.529. The molecular formula is C17H22N2O3. The molecule has 5 heteroatoms. The highest BCUT2D eigenvalue weighted by Gasteiger charge is 2.26. The van der Waals surface area contributed by atoms with Crippen LogP contribution in [0.5, 0.6) is 5.75 Å². The van der Waals surface area contributed by atoms with Crippen LogP contribution in [-0.4, -0.2) is 43.0 Å². The summed E-state index contributed by atoms with van der Waals surface area (Å²) in [6.45, 7) is 2.54. The van der Waals surface area contributed by atoms with Crippen LogP contribution < -0.4 is 10.1 Å². The summed E-state index contributed by atoms with van der Waals surface area (Å²) >= 11 is 0. The van der Waals surface area contributed by atoms with Crippen molar-refractivity contribution >= 4 is 11.8 Å². The average molecular weight is 302 g/mol. The highest BCUT2D eigenvalue weighted by atomic mass is 16.5. The number of hydrogen-bond acceptors (Lipinski definition) is 3. The molecular weight excluding hydrogens is 280 g/mol. The minimum Gasteiger partial charge on any atom is -0.492 e. The van der Waals surface area contributed by atoms with Crippen molar-refractivity contribution in [3.8, 4) is 5.75 Å². The van der Waals surface area contributed by atoms with Crippen molar-refractivity contribution in [1.82, 2.24) is 10.2 Å². The molecule has 2 amide bonds. The number of para-hydroxylation sites is 1. The predicted molar refractivity (Wildman–Crippen MR) is 82.6 cm³/mol. The molecule has 0 aromatic heterocycles. The Morgan fingerprint density at radius 1 is 1.23 bits per heavy atom. The highest BCUT2D eigenvalue weighted by Crippen LogP contribution is 2.26. The van der Waals surface area contributed by atoms with E-state index in [4.69, 9.17) is 4.74 Å². The van der Waals surface area contributed by atoms with E-state index in [0.29, 0.717) is 26.0 Å². The number of hydrogen-bond donors (Lipinski definition) is 1. The second-order valence-corrected chi connectivity index (χ2v) is 5.95. The van der Waals surface area contributed by atoms with Crippen LogP contribution in [0.4, 0.5) is 0 Å². The molecule has 1 atom stereocenters. The van der Waals surface area contributed by atoms with Crippen LogP contribution in [0, 0.1) is 5.92 Å². The van der Waals surface area contributed by atoms with Crippen molar-refractivity contribution in [3.05, 3.63) is 29.8 Å². The summed E-state index contributed by atoms with van der Waals surface area (Å²) in [5, 5.41) is 2.87. The van der Waals surface area contributed by atoms with Gasteiger partial charge in [0.2, 0.25) is 11.8 Å². The minimum atomic E-state index is -0.170. The largest absolute Gasteiger partial charge is 0.492 e. The van der Waals surface area contributed by atoms with Crippen molar-refractivity contribution in [2.75, 3.05) is 26.2 Å². The highest BCUT2D eigenvalue weighted by molar-refractivity contribution is 5.81. The Kier molecular flexibility index (Phi) is 4.61. The molecule has 2 aliphatic heterocycles. The molecule has 1 unspecified atom stereocenters. The lowest BCUT2D eigenvalue weighted by atomic mass is 9.96. The Hall–Kier alpha value is -2.04. The number of amides is 2. The molecule has 1 aromatic carbocycles. The monoisotopic (exact) mass is 302 g/mol. The molecule has 0 bridgehead atoms. The van der Waals surface area contributed by atoms with Gasteiger partial charge in [-0.25, -0.2) is 0 Å². The molecule has 1 N–H and O–H groups in total. The van der Waals surface area contributed by atoms with Crippen LogP contribution in [0.1, 0.15) is 24.8 Å². The zero-order valence-corrected chi connectivity index (χ0v) is 12.7. The van der Waals surface area contributed by atoms with Crippen molar-refractivity contribution < 1.29 is 14.3 Å². The molecule has 2 heterocycles. The molecule has 22 heavy (non-hydrogen) atoms. The van der Waals surface area contributed by atoms with Crippen LogP contribution in [0.2, 0.25) is 0 Å². The summed E-state index contributed by atoms with van der Waals surface area (Å²) in [6.07, 6.45) is 3.27. The fourth-order valence-corrected chi connectivity index (χ4v) is 3.06. The number of nitrogens with one attached hydrogen (secondary N) is 1. The van der Waals surface area contributed by atoms with Gasteiger partial charge in [-0.05, 0) is 30.9 Å². The van der Waals surface area contributed by atoms with Crippen LogP contribution in [0.3, 0.4) is 0 Å². The van der Waals surface area contributed by atoms with Crippen molar-refractivity contribution in [3.63, 3.8) is 0 Å². The second kappa shape index (κ2) is 6.81. The molecule has 0 aliphatic carbocycles. The lowest BCUT2D eigenvalue weighted by molar-refractivity contribution is -0.130. The normalized spacial score (nSPS) is 20.2. The Balaban J connectivity index is 1.44. The number of fused-ring (bicyclic) bond motifs is 1. The fourth-order valence-electron chi connectivity index (χ4n) is 3.06. The molecule has 0 radical (unpaired) electrons. The van der Waals surface area contributed by atoms with E-state index in [0.717, 1.165) is 37.2 Å². The van der Waals surface area contributed by atoms with Gasteiger partial charge in [0.25, 0.3) is 0 Å². The lowest BCUT2D eigenvalue weighted by Crippen LogP contribution is -2.39. The van der Waals surface area contributed by atoms with Gasteiger partial charge in [0, 0.05) is 26.1 Å². The van der Waals surface area contributed by atoms with Crippen molar-refractivity contribution in [2.45, 2.75) is 25.7 Å². The van der Waals surface area contributed by atoms with E-state index >= 15 is 0 Å². The van der Waals surface area contributed by atoms with E-state index in [1.807, 2.05) is 29.2 Å². The minimum absolute atomic E-state index is 0.0243. The summed E-state index contributed by atoms with van der Waals surface area (Å²) in [5.41, 5.74) is 1.07. The molecule has 1 aromatic rings. The number of carbonyl (C=O) groups is 2. The first-order valence-corrected chi connectivity index (χ1v) is 8.00. The van der Waals surface area contributed by atoms with E-state index in [1.54, 1.807) is 0 Å². The SMILES string of the molecule is O=C(NCCC(=O)N1CCCC1)C1COc2ccccc2C1. The van der Waals surface area contributed by atoms with E-state index in [9.17, 15) is 9.59 Å². The number of likely N-dealkylation sites (tertiary alicyclic amines) is 1. The number of rotatable bonds is 4. The van der Waals surface area contributed by atoms with Crippen molar-refractivity contribution in [1.29, 1.82) is 0 Å². The van der Waals surface area contributed by atoms with Crippen LogP contribution in [-0.2, 0) is 16.0 Å². The Bertz CT molecular complexity index is 553. The molecule has 2 aliphatic rings. The van der Waals surface area contributed by atoms with E-state index in [-0.39, 0.29) is 17.7 Å². The first-order valence-electron chi connectivity index (χ1n) is 8.00. The quantitative estimate of drug-likeness (QED) is 0.914. The number of nitrogens with zero attached hydrogens (tertiary/aromatic N) is 1. The van der Waals surface area contributed by atoms with Gasteiger partial charge in [-0.1, -0.05) is 18.2 Å². The maximum absolute atomic E-state index is 12.2. The molecule has 0 spiro atoms. The predicted octanol–water partition coefficient (Wildman–Crippen LogP) is 1.37. The van der Waals surface area contributed by atoms with Crippen molar-refractivity contribution in [2.24, 2.45) is 5.92 Å². The zero-order chi connectivity index (χ0) is 15.4. The van der Waals surface area contributed by atoms with Gasteiger partial charge in [0.15, 0.2) is 0 Å². The van der Waals surface area contributed by atoms with Gasteiger partial charge in [-0.2, -0.15) is 0 Å². The summed E-state index contributed by atoms with van der Waals surface area (Å²) < 4.78 is 5.63. The summed E-state index contributed by atoms with van der Waals surface area (Å²) in [4.78, 5) is 26.0. The molecule has 3 rings (SSSR count). The zero-order valence-electron chi connectivity index (χ0n) is 12.7. The maximum Gasteiger partial charge on any atom is 0.226 e. The van der Waals surface area contributed by atoms with Gasteiger partial charge < -0.3 is 15.0 Å². The van der Waals surface area contributed by atoms with E-state index < -0.39 is 0 Å². The van der Waals surface area contributed by atoms with Gasteiger partial charge in [0.1, 0.15) is 12.4 Å². The maximum atomic E-state index is 12.2. The van der Waals surface area contributed by atoms with Crippen LogP contribution in [0.25, 0.3) is 0 Å². The summed E-state index contributed by atoms with van der Waals surface area (Å²) in [5.74, 6) is 0.819. The standard InChI is InChI=1S/C17H22N2O3/c20-16(19-9-3-4-10-19)7-8-18-17(21)14-11-13-5-1-2-6-15(13)22-12-14/h1-2,5-6,14H,3-4,7-12H2,(H,18,21). The lowest BCUT2D eigenvalue weighted by Gasteiger charge is -2.24. The smallest absolute Gasteiger partial charge is 0.226 e. The number of ether oxygens (including phenoxy) is 1. The summed E-state index contributed by atoms with van der Waals surface area (Å²) in [6, 6.07) is 7.81. The number of carbonyl (C=O) groups excluding carboxylic acids is 2. The third-order valence-electron chi connectivity index (χ3n) is 4.35. The average Bonchev–Trinajstić information content (AvgIpc) is 3.08. The molecule has 5 nitrogen and oxygen atoms in total. The van der Waals surface area contributed by atoms with E-state index in [2.05, 4.69) is 5.32 Å². The first-order chi connectivity index (χ1) is 10.7.